The van der Waals surface area contributed by atoms with E-state index in [2.05, 4.69) is 78.3 Å². The number of aromatic amines is 1. The highest BCUT2D eigenvalue weighted by atomic mass is 15.2. The number of nitrogens with zero attached hydrogens (tertiary/aromatic N) is 3. The lowest BCUT2D eigenvalue weighted by atomic mass is 10.0. The van der Waals surface area contributed by atoms with Crippen LogP contribution in [-0.4, -0.2) is 48.1 Å². The molecule has 1 aliphatic rings. The normalized spacial score (nSPS) is 17.9. The van der Waals surface area contributed by atoms with Gasteiger partial charge < -0.3 is 14.8 Å². The van der Waals surface area contributed by atoms with Gasteiger partial charge in [0.05, 0.1) is 11.0 Å². The second kappa shape index (κ2) is 7.12. The van der Waals surface area contributed by atoms with E-state index in [1.807, 2.05) is 0 Å². The number of hydrogen-bond donors (Lipinski definition) is 1. The van der Waals surface area contributed by atoms with Crippen molar-refractivity contribution in [3.8, 4) is 11.1 Å². The molecule has 1 atom stereocenters. The van der Waals surface area contributed by atoms with E-state index in [9.17, 15) is 0 Å². The number of hydrogen-bond acceptors (Lipinski definition) is 3. The summed E-state index contributed by atoms with van der Waals surface area (Å²) >= 11 is 0. The van der Waals surface area contributed by atoms with E-state index in [-0.39, 0.29) is 0 Å². The van der Waals surface area contributed by atoms with Crippen LogP contribution in [0.2, 0.25) is 0 Å². The van der Waals surface area contributed by atoms with E-state index in [0.717, 1.165) is 35.9 Å². The minimum atomic E-state index is 0.719. The monoisotopic (exact) mass is 348 g/mol. The number of likely N-dealkylation sites (tertiary alicyclic amines) is 1. The average Bonchev–Trinajstić information content (AvgIpc) is 3.24. The van der Waals surface area contributed by atoms with E-state index in [0.29, 0.717) is 0 Å². The number of anilines is 1. The van der Waals surface area contributed by atoms with Gasteiger partial charge in [0, 0.05) is 38.8 Å². The van der Waals surface area contributed by atoms with Gasteiger partial charge in [-0.25, -0.2) is 4.98 Å². The summed E-state index contributed by atoms with van der Waals surface area (Å²) in [5, 5.41) is 0. The number of imidazole rings is 1. The SMILES string of the molecule is C[C@@H]1CCCN1CCc1nc2cc(-c3ccc(N(C)C)cc3)ccc2[nH]1. The summed E-state index contributed by atoms with van der Waals surface area (Å²) in [4.78, 5) is 13.0. The van der Waals surface area contributed by atoms with Gasteiger partial charge in [-0.15, -0.1) is 0 Å². The third-order valence-electron chi connectivity index (χ3n) is 5.58. The van der Waals surface area contributed by atoms with Gasteiger partial charge in [0.15, 0.2) is 0 Å². The molecule has 1 saturated heterocycles. The smallest absolute Gasteiger partial charge is 0.108 e. The van der Waals surface area contributed by atoms with Crippen LogP contribution in [0.3, 0.4) is 0 Å². The predicted molar refractivity (Wildman–Crippen MR) is 110 cm³/mol. The number of benzene rings is 2. The first-order valence-corrected chi connectivity index (χ1v) is 9.60. The van der Waals surface area contributed by atoms with Gasteiger partial charge in [-0.05, 0) is 61.7 Å². The summed E-state index contributed by atoms with van der Waals surface area (Å²) < 4.78 is 0. The van der Waals surface area contributed by atoms with Gasteiger partial charge in [0.1, 0.15) is 5.82 Å². The van der Waals surface area contributed by atoms with Crippen LogP contribution < -0.4 is 4.90 Å². The fraction of sp³-hybridized carbons (Fsp3) is 0.409. The molecule has 0 bridgehead atoms. The number of fused-ring (bicyclic) bond motifs is 1. The maximum absolute atomic E-state index is 4.84. The Hall–Kier alpha value is -2.33. The molecule has 0 aliphatic carbocycles. The van der Waals surface area contributed by atoms with Crippen molar-refractivity contribution >= 4 is 16.7 Å². The van der Waals surface area contributed by atoms with Gasteiger partial charge in [-0.3, -0.25) is 0 Å². The molecule has 1 aromatic heterocycles. The lowest BCUT2D eigenvalue weighted by molar-refractivity contribution is 0.271. The molecule has 0 unspecified atom stereocenters. The molecule has 1 N–H and O–H groups in total. The Balaban J connectivity index is 1.51. The maximum atomic E-state index is 4.84. The summed E-state index contributed by atoms with van der Waals surface area (Å²) in [6.07, 6.45) is 3.65. The zero-order chi connectivity index (χ0) is 18.1. The Morgan fingerprint density at radius 2 is 1.88 bits per heavy atom. The summed E-state index contributed by atoms with van der Waals surface area (Å²) in [5.41, 5.74) is 5.85. The molecule has 4 rings (SSSR count). The quantitative estimate of drug-likeness (QED) is 0.746. The van der Waals surface area contributed by atoms with Crippen molar-refractivity contribution in [2.75, 3.05) is 32.1 Å². The van der Waals surface area contributed by atoms with Crippen LogP contribution in [0.5, 0.6) is 0 Å². The number of aromatic nitrogens is 2. The minimum Gasteiger partial charge on any atom is -0.378 e. The molecule has 0 spiro atoms. The highest BCUT2D eigenvalue weighted by Crippen LogP contribution is 2.25. The molecule has 1 aliphatic heterocycles. The van der Waals surface area contributed by atoms with Crippen LogP contribution in [0.15, 0.2) is 42.5 Å². The third-order valence-corrected chi connectivity index (χ3v) is 5.58. The first-order valence-electron chi connectivity index (χ1n) is 9.60. The molecule has 0 saturated carbocycles. The van der Waals surface area contributed by atoms with E-state index in [1.165, 1.54) is 36.2 Å². The van der Waals surface area contributed by atoms with E-state index in [4.69, 9.17) is 4.98 Å². The molecule has 0 radical (unpaired) electrons. The molecule has 2 aromatic carbocycles. The second-order valence-corrected chi connectivity index (χ2v) is 7.63. The fourth-order valence-electron chi connectivity index (χ4n) is 3.88. The van der Waals surface area contributed by atoms with Gasteiger partial charge in [0.25, 0.3) is 0 Å². The molecule has 26 heavy (non-hydrogen) atoms. The van der Waals surface area contributed by atoms with E-state index in [1.54, 1.807) is 0 Å². The Labute approximate surface area is 155 Å². The van der Waals surface area contributed by atoms with Crippen molar-refractivity contribution in [1.29, 1.82) is 0 Å². The highest BCUT2D eigenvalue weighted by Gasteiger charge is 2.19. The molecular weight excluding hydrogens is 320 g/mol. The van der Waals surface area contributed by atoms with Crippen LogP contribution >= 0.6 is 0 Å². The Morgan fingerprint density at radius 1 is 1.12 bits per heavy atom. The number of H-pyrrole nitrogens is 1. The zero-order valence-corrected chi connectivity index (χ0v) is 16.0. The Kier molecular flexibility index (Phi) is 4.68. The van der Waals surface area contributed by atoms with Crippen molar-refractivity contribution < 1.29 is 0 Å². The minimum absolute atomic E-state index is 0.719. The lowest BCUT2D eigenvalue weighted by Crippen LogP contribution is -2.29. The van der Waals surface area contributed by atoms with E-state index >= 15 is 0 Å². The molecular formula is C22H28N4. The lowest BCUT2D eigenvalue weighted by Gasteiger charge is -2.19. The standard InChI is InChI=1S/C22H28N4/c1-16-5-4-13-26(16)14-12-22-23-20-11-8-18(15-21(20)24-22)17-6-9-19(10-7-17)25(2)3/h6-11,15-16H,4-5,12-14H2,1-3H3,(H,23,24)/t16-/m1/s1. The Morgan fingerprint density at radius 3 is 2.58 bits per heavy atom. The molecule has 2 heterocycles. The molecule has 0 amide bonds. The highest BCUT2D eigenvalue weighted by molar-refractivity contribution is 5.82. The van der Waals surface area contributed by atoms with Gasteiger partial charge in [-0.1, -0.05) is 18.2 Å². The molecule has 4 nitrogen and oxygen atoms in total. The van der Waals surface area contributed by atoms with Crippen molar-refractivity contribution in [2.24, 2.45) is 0 Å². The summed E-state index contributed by atoms with van der Waals surface area (Å²) in [6, 6.07) is 15.9. The predicted octanol–water partition coefficient (Wildman–Crippen LogP) is 4.32. The summed E-state index contributed by atoms with van der Waals surface area (Å²) in [7, 11) is 4.13. The van der Waals surface area contributed by atoms with Crippen molar-refractivity contribution in [3.05, 3.63) is 48.3 Å². The number of nitrogens with one attached hydrogen (secondary N) is 1. The first-order chi connectivity index (χ1) is 12.6. The van der Waals surface area contributed by atoms with Crippen LogP contribution in [0.4, 0.5) is 5.69 Å². The van der Waals surface area contributed by atoms with Crippen molar-refractivity contribution in [3.63, 3.8) is 0 Å². The first kappa shape index (κ1) is 17.1. The molecule has 4 heteroatoms. The largest absolute Gasteiger partial charge is 0.378 e. The summed E-state index contributed by atoms with van der Waals surface area (Å²) in [6.45, 7) is 4.66. The van der Waals surface area contributed by atoms with Gasteiger partial charge in [-0.2, -0.15) is 0 Å². The maximum Gasteiger partial charge on any atom is 0.108 e. The van der Waals surface area contributed by atoms with E-state index < -0.39 is 0 Å². The van der Waals surface area contributed by atoms with Crippen molar-refractivity contribution in [1.82, 2.24) is 14.9 Å². The van der Waals surface area contributed by atoms with Crippen molar-refractivity contribution in [2.45, 2.75) is 32.2 Å². The zero-order valence-electron chi connectivity index (χ0n) is 16.0. The summed E-state index contributed by atoms with van der Waals surface area (Å²) in [5.74, 6) is 1.10. The Bertz CT molecular complexity index is 879. The molecule has 1 fully saturated rings. The number of rotatable bonds is 5. The van der Waals surface area contributed by atoms with Crippen LogP contribution in [0, 0.1) is 0 Å². The average molecular weight is 348 g/mol. The van der Waals surface area contributed by atoms with Crippen LogP contribution in [-0.2, 0) is 6.42 Å². The third kappa shape index (κ3) is 3.47. The molecule has 3 aromatic rings. The van der Waals surface area contributed by atoms with Crippen LogP contribution in [0.25, 0.3) is 22.2 Å². The fourth-order valence-corrected chi connectivity index (χ4v) is 3.88. The second-order valence-electron chi connectivity index (χ2n) is 7.63. The van der Waals surface area contributed by atoms with Gasteiger partial charge in [0.2, 0.25) is 0 Å². The van der Waals surface area contributed by atoms with Gasteiger partial charge >= 0.3 is 0 Å². The van der Waals surface area contributed by atoms with Crippen LogP contribution in [0.1, 0.15) is 25.6 Å². The topological polar surface area (TPSA) is 35.2 Å². The molecule has 136 valence electrons.